The van der Waals surface area contributed by atoms with Crippen LogP contribution in [0, 0.1) is 20.2 Å². The molecule has 2 amide bonds. The molecule has 1 aromatic heterocycles. The largest absolute Gasteiger partial charge is 0.477 e. The van der Waals surface area contributed by atoms with Gasteiger partial charge in [0.25, 0.3) is 17.3 Å². The SMILES string of the molecule is O=C(O)C1=CCSC2C(NC(=O)C(/C=C/c3ccc([N+](=O)[O-])cc3[N+](=O)[O-])c3cccs3)C(=O)N12. The second kappa shape index (κ2) is 9.68. The maximum absolute atomic E-state index is 13.2. The molecule has 4 rings (SSSR count). The van der Waals surface area contributed by atoms with Crippen molar-refractivity contribution in [2.45, 2.75) is 17.3 Å². The predicted octanol–water partition coefficient (Wildman–Crippen LogP) is 2.73. The van der Waals surface area contributed by atoms with Gasteiger partial charge in [0, 0.05) is 16.7 Å². The van der Waals surface area contributed by atoms with Crippen LogP contribution < -0.4 is 5.32 Å². The van der Waals surface area contributed by atoms with Crippen molar-refractivity contribution in [2.75, 3.05) is 5.75 Å². The first-order chi connectivity index (χ1) is 16.7. The maximum Gasteiger partial charge on any atom is 0.352 e. The van der Waals surface area contributed by atoms with Gasteiger partial charge >= 0.3 is 5.97 Å². The van der Waals surface area contributed by atoms with E-state index in [0.717, 1.165) is 17.0 Å². The van der Waals surface area contributed by atoms with E-state index in [2.05, 4.69) is 5.32 Å². The summed E-state index contributed by atoms with van der Waals surface area (Å²) in [5, 5.41) is 35.5. The van der Waals surface area contributed by atoms with E-state index in [1.165, 1.54) is 47.4 Å². The Morgan fingerprint density at radius 1 is 1.23 bits per heavy atom. The van der Waals surface area contributed by atoms with Crippen LogP contribution in [0.5, 0.6) is 0 Å². The maximum atomic E-state index is 13.2. The third kappa shape index (κ3) is 4.65. The van der Waals surface area contributed by atoms with Gasteiger partial charge in [0.05, 0.1) is 27.4 Å². The lowest BCUT2D eigenvalue weighted by Crippen LogP contribution is -2.70. The predicted molar refractivity (Wildman–Crippen MR) is 127 cm³/mol. The second-order valence-electron chi connectivity index (χ2n) is 7.42. The van der Waals surface area contributed by atoms with Crippen molar-refractivity contribution in [1.29, 1.82) is 0 Å². The Balaban J connectivity index is 1.57. The molecule has 14 heteroatoms. The molecule has 2 N–H and O–H groups in total. The van der Waals surface area contributed by atoms with Gasteiger partial charge in [0.2, 0.25) is 5.91 Å². The Labute approximate surface area is 205 Å². The van der Waals surface area contributed by atoms with Crippen molar-refractivity contribution in [2.24, 2.45) is 0 Å². The van der Waals surface area contributed by atoms with E-state index in [0.29, 0.717) is 10.6 Å². The van der Waals surface area contributed by atoms with Crippen molar-refractivity contribution in [3.63, 3.8) is 0 Å². The molecule has 0 aliphatic carbocycles. The van der Waals surface area contributed by atoms with E-state index in [-0.39, 0.29) is 11.3 Å². The Morgan fingerprint density at radius 3 is 2.63 bits per heavy atom. The highest BCUT2D eigenvalue weighted by Crippen LogP contribution is 2.38. The summed E-state index contributed by atoms with van der Waals surface area (Å²) in [6, 6.07) is 5.69. The highest BCUT2D eigenvalue weighted by Gasteiger charge is 2.53. The molecule has 0 spiro atoms. The third-order valence-electron chi connectivity index (χ3n) is 5.39. The van der Waals surface area contributed by atoms with Crippen LogP contribution in [0.25, 0.3) is 6.08 Å². The number of benzene rings is 1. The van der Waals surface area contributed by atoms with Gasteiger partial charge in [-0.25, -0.2) is 4.79 Å². The van der Waals surface area contributed by atoms with Gasteiger partial charge in [-0.15, -0.1) is 23.1 Å². The molecule has 0 bridgehead atoms. The number of non-ortho nitro benzene ring substituents is 1. The van der Waals surface area contributed by atoms with Gasteiger partial charge in [-0.05, 0) is 23.6 Å². The van der Waals surface area contributed by atoms with Crippen LogP contribution in [0.15, 0.2) is 53.6 Å². The standard InChI is InChI=1S/C21H16N4O8S2/c26-18(22-17-19(27)23-14(21(28)29)7-9-35-20(17)23)13(16-2-1-8-34-16)6-4-11-3-5-12(24(30)31)10-15(11)25(32)33/h1-8,10,13,17,20H,9H2,(H,22,26)(H,28,29)/b6-4+. The molecule has 1 fully saturated rings. The summed E-state index contributed by atoms with van der Waals surface area (Å²) in [6.07, 6.45) is 4.20. The number of carboxylic acid groups (broad SMARTS) is 1. The fraction of sp³-hybridized carbons (Fsp3) is 0.190. The molecular formula is C21H16N4O8S2. The number of thiophene rings is 1. The third-order valence-corrected chi connectivity index (χ3v) is 7.52. The van der Waals surface area contributed by atoms with Crippen LogP contribution in [0.4, 0.5) is 11.4 Å². The molecule has 2 aliphatic heterocycles. The Bertz CT molecular complexity index is 1290. The lowest BCUT2D eigenvalue weighted by atomic mass is 10.0. The van der Waals surface area contributed by atoms with E-state index in [1.807, 2.05) is 0 Å². The minimum Gasteiger partial charge on any atom is -0.477 e. The molecule has 12 nitrogen and oxygen atoms in total. The smallest absolute Gasteiger partial charge is 0.352 e. The lowest BCUT2D eigenvalue weighted by molar-refractivity contribution is -0.394. The van der Waals surface area contributed by atoms with Gasteiger partial charge in [-0.3, -0.25) is 34.7 Å². The van der Waals surface area contributed by atoms with E-state index in [1.54, 1.807) is 17.5 Å². The summed E-state index contributed by atoms with van der Waals surface area (Å²) in [4.78, 5) is 59.8. The number of amides is 2. The number of carbonyl (C=O) groups is 3. The number of nitrogens with zero attached hydrogens (tertiary/aromatic N) is 3. The first-order valence-electron chi connectivity index (χ1n) is 10.0. The Kier molecular flexibility index (Phi) is 6.66. The summed E-state index contributed by atoms with van der Waals surface area (Å²) in [6.45, 7) is 0. The number of nitro benzene ring substituents is 2. The fourth-order valence-electron chi connectivity index (χ4n) is 3.71. The Morgan fingerprint density at radius 2 is 2.00 bits per heavy atom. The monoisotopic (exact) mass is 516 g/mol. The lowest BCUT2D eigenvalue weighted by Gasteiger charge is -2.48. The van der Waals surface area contributed by atoms with Crippen molar-refractivity contribution in [3.05, 3.63) is 84.2 Å². The number of carbonyl (C=O) groups excluding carboxylic acids is 2. The van der Waals surface area contributed by atoms with Gasteiger partial charge < -0.3 is 10.4 Å². The minimum atomic E-state index is -1.22. The van der Waals surface area contributed by atoms with E-state index in [9.17, 15) is 39.7 Å². The summed E-state index contributed by atoms with van der Waals surface area (Å²) in [5.74, 6) is -2.84. The van der Waals surface area contributed by atoms with Gasteiger partial charge in [-0.2, -0.15) is 0 Å². The molecule has 1 aromatic carbocycles. The number of β-lactam (4-membered cyclic amide) rings is 1. The number of fused-ring (bicyclic) bond motifs is 1. The number of hydrogen-bond acceptors (Lipinski definition) is 9. The Hall–Kier alpha value is -4.04. The highest BCUT2D eigenvalue weighted by atomic mass is 32.2. The van der Waals surface area contributed by atoms with Crippen LogP contribution in [0.3, 0.4) is 0 Å². The zero-order valence-electron chi connectivity index (χ0n) is 17.6. The van der Waals surface area contributed by atoms with Crippen molar-refractivity contribution < 1.29 is 29.3 Å². The van der Waals surface area contributed by atoms with Gasteiger partial charge in [0.1, 0.15) is 17.1 Å². The molecule has 1 saturated heterocycles. The number of hydrogen-bond donors (Lipinski definition) is 2. The molecule has 0 radical (unpaired) electrons. The molecule has 35 heavy (non-hydrogen) atoms. The van der Waals surface area contributed by atoms with Gasteiger partial charge in [-0.1, -0.05) is 18.2 Å². The summed E-state index contributed by atoms with van der Waals surface area (Å²) >= 11 is 2.59. The topological polar surface area (TPSA) is 173 Å². The van der Waals surface area contributed by atoms with Crippen LogP contribution in [-0.4, -0.2) is 54.8 Å². The number of nitrogens with one attached hydrogen (secondary N) is 1. The minimum absolute atomic E-state index is 0.0694. The van der Waals surface area contributed by atoms with Crippen LogP contribution in [0.2, 0.25) is 0 Å². The van der Waals surface area contributed by atoms with E-state index < -0.39 is 56.3 Å². The average Bonchev–Trinajstić information content (AvgIpc) is 3.36. The molecule has 3 heterocycles. The summed E-state index contributed by atoms with van der Waals surface area (Å²) < 4.78 is 0. The second-order valence-corrected chi connectivity index (χ2v) is 9.55. The normalized spacial score (nSPS) is 19.9. The number of thioether (sulfide) groups is 1. The van der Waals surface area contributed by atoms with E-state index >= 15 is 0 Å². The highest BCUT2D eigenvalue weighted by molar-refractivity contribution is 8.00. The van der Waals surface area contributed by atoms with Crippen LogP contribution >= 0.6 is 23.1 Å². The molecule has 0 saturated carbocycles. The van der Waals surface area contributed by atoms with Gasteiger partial charge in [0.15, 0.2) is 0 Å². The molecule has 2 aromatic rings. The number of carboxylic acids is 1. The van der Waals surface area contributed by atoms with Crippen molar-refractivity contribution in [3.8, 4) is 0 Å². The molecular weight excluding hydrogens is 500 g/mol. The van der Waals surface area contributed by atoms with Crippen LogP contribution in [-0.2, 0) is 14.4 Å². The molecule has 3 unspecified atom stereocenters. The number of rotatable bonds is 8. The zero-order valence-corrected chi connectivity index (χ0v) is 19.2. The zero-order chi connectivity index (χ0) is 25.3. The molecule has 2 aliphatic rings. The quantitative estimate of drug-likeness (QED) is 0.304. The summed E-state index contributed by atoms with van der Waals surface area (Å²) in [7, 11) is 0. The first kappa shape index (κ1) is 24.1. The molecule has 180 valence electrons. The average molecular weight is 517 g/mol. The number of nitro groups is 2. The van der Waals surface area contributed by atoms with E-state index in [4.69, 9.17) is 0 Å². The fourth-order valence-corrected chi connectivity index (χ4v) is 5.70. The van der Waals surface area contributed by atoms with Crippen LogP contribution in [0.1, 0.15) is 16.4 Å². The number of aliphatic carboxylic acids is 1. The van der Waals surface area contributed by atoms with Crippen molar-refractivity contribution in [1.82, 2.24) is 10.2 Å². The van der Waals surface area contributed by atoms with Crippen molar-refractivity contribution >= 4 is 58.3 Å². The molecule has 3 atom stereocenters. The summed E-state index contributed by atoms with van der Waals surface area (Å²) in [5.41, 5.74) is -0.976. The first-order valence-corrected chi connectivity index (χ1v) is 11.9.